The summed E-state index contributed by atoms with van der Waals surface area (Å²) in [5.74, 6) is 0. The van der Waals surface area contributed by atoms with Crippen LogP contribution in [-0.4, -0.2) is 6.54 Å². The molecule has 1 N–H and O–H groups in total. The molecular weight excluding hydrogens is 350 g/mol. The molecule has 29 heavy (non-hydrogen) atoms. The number of para-hydroxylation sites is 1. The Hall–Kier alpha value is -3.58. The minimum absolute atomic E-state index is 1.11. The minimum Gasteiger partial charge on any atom is -0.384 e. The maximum absolute atomic E-state index is 3.30. The largest absolute Gasteiger partial charge is 0.384 e. The number of hydrogen-bond acceptors (Lipinski definition) is 1. The zero-order valence-electron chi connectivity index (χ0n) is 16.2. The Bertz CT molecular complexity index is 1370. The summed E-state index contributed by atoms with van der Waals surface area (Å²) in [7, 11) is 0. The third kappa shape index (κ3) is 2.55. The molecule has 0 aromatic heterocycles. The van der Waals surface area contributed by atoms with Gasteiger partial charge in [-0.2, -0.15) is 0 Å². The first kappa shape index (κ1) is 16.4. The second-order valence-electron chi connectivity index (χ2n) is 7.75. The van der Waals surface area contributed by atoms with Gasteiger partial charge in [0.25, 0.3) is 0 Å². The number of anilines is 1. The molecule has 7 rings (SSSR count). The van der Waals surface area contributed by atoms with E-state index in [9.17, 15) is 0 Å². The monoisotopic (exact) mass is 371 g/mol. The van der Waals surface area contributed by atoms with E-state index in [1.54, 1.807) is 0 Å². The van der Waals surface area contributed by atoms with Crippen LogP contribution >= 0.6 is 0 Å². The normalized spacial score (nSPS) is 12.8. The molecule has 6 aromatic rings. The Balaban J connectivity index is 0.000000154. The molecule has 0 fully saturated rings. The number of benzene rings is 6. The zero-order chi connectivity index (χ0) is 19.2. The van der Waals surface area contributed by atoms with E-state index in [0.29, 0.717) is 0 Å². The minimum atomic E-state index is 1.11. The summed E-state index contributed by atoms with van der Waals surface area (Å²) in [4.78, 5) is 0. The van der Waals surface area contributed by atoms with Gasteiger partial charge in [-0.3, -0.25) is 0 Å². The van der Waals surface area contributed by atoms with Crippen LogP contribution in [0.2, 0.25) is 0 Å². The summed E-state index contributed by atoms with van der Waals surface area (Å²) in [6.45, 7) is 1.11. The average Bonchev–Trinajstić information content (AvgIpc) is 3.27. The number of rotatable bonds is 0. The maximum Gasteiger partial charge on any atom is 0.0373 e. The van der Waals surface area contributed by atoms with Gasteiger partial charge in [-0.1, -0.05) is 91.0 Å². The standard InChI is InChI=1S/C20H12.C8H9N/c1-2-8-16-15(7-1)17-9-3-5-13-11-12-14-6-4-10-18(16)20(14)19(13)17;1-2-4-8-7(3-1)5-6-9-8/h1-12H;1-4,9H,5-6H2. The van der Waals surface area contributed by atoms with Crippen molar-refractivity contribution in [2.45, 2.75) is 6.42 Å². The fraction of sp³-hybridized carbons (Fsp3) is 0.0714. The second-order valence-corrected chi connectivity index (χ2v) is 7.75. The summed E-state index contributed by atoms with van der Waals surface area (Å²) in [5.41, 5.74) is 2.77. The van der Waals surface area contributed by atoms with Crippen molar-refractivity contribution in [1.82, 2.24) is 0 Å². The fourth-order valence-corrected chi connectivity index (χ4v) is 4.80. The first-order valence-electron chi connectivity index (χ1n) is 10.3. The molecule has 0 bridgehead atoms. The van der Waals surface area contributed by atoms with Gasteiger partial charge in [-0.25, -0.2) is 0 Å². The highest BCUT2D eigenvalue weighted by atomic mass is 14.9. The molecule has 1 heterocycles. The first-order chi connectivity index (χ1) is 14.4. The lowest BCUT2D eigenvalue weighted by atomic mass is 9.89. The third-order valence-corrected chi connectivity index (χ3v) is 6.12. The molecule has 0 spiro atoms. The van der Waals surface area contributed by atoms with Gasteiger partial charge in [0.05, 0.1) is 0 Å². The Morgan fingerprint density at radius 1 is 0.483 bits per heavy atom. The average molecular weight is 371 g/mol. The van der Waals surface area contributed by atoms with Crippen molar-refractivity contribution in [1.29, 1.82) is 0 Å². The quantitative estimate of drug-likeness (QED) is 0.217. The van der Waals surface area contributed by atoms with E-state index in [-0.39, 0.29) is 0 Å². The SMILES string of the molecule is c1ccc2c(c1)CCN2.c1ccc2c(c1)c1cccc3ccc4cccc2c4c31. The van der Waals surface area contributed by atoms with Gasteiger partial charge >= 0.3 is 0 Å². The smallest absolute Gasteiger partial charge is 0.0373 e. The lowest BCUT2D eigenvalue weighted by Crippen LogP contribution is -1.90. The molecule has 0 atom stereocenters. The third-order valence-electron chi connectivity index (χ3n) is 6.12. The molecular formula is C28H21N. The number of fused-ring (bicyclic) bond motifs is 4. The highest BCUT2D eigenvalue weighted by Crippen LogP contribution is 2.40. The molecule has 1 aliphatic rings. The van der Waals surface area contributed by atoms with Crippen LogP contribution in [0.5, 0.6) is 0 Å². The molecule has 1 heteroatoms. The van der Waals surface area contributed by atoms with E-state index in [2.05, 4.69) is 102 Å². The van der Waals surface area contributed by atoms with Crippen LogP contribution in [0.3, 0.4) is 0 Å². The van der Waals surface area contributed by atoms with Crippen molar-refractivity contribution in [3.05, 3.63) is 103 Å². The number of nitrogens with one attached hydrogen (secondary N) is 1. The molecule has 6 aromatic carbocycles. The summed E-state index contributed by atoms with van der Waals surface area (Å²) < 4.78 is 0. The van der Waals surface area contributed by atoms with Crippen LogP contribution in [0.4, 0.5) is 5.69 Å². The summed E-state index contributed by atoms with van der Waals surface area (Å²) in [5, 5.41) is 14.2. The van der Waals surface area contributed by atoms with E-state index in [4.69, 9.17) is 0 Å². The zero-order valence-corrected chi connectivity index (χ0v) is 16.2. The topological polar surface area (TPSA) is 12.0 Å². The van der Waals surface area contributed by atoms with Gasteiger partial charge in [0, 0.05) is 12.2 Å². The highest BCUT2D eigenvalue weighted by Gasteiger charge is 2.11. The van der Waals surface area contributed by atoms with Crippen molar-refractivity contribution in [2.24, 2.45) is 0 Å². The molecule has 0 amide bonds. The molecule has 0 unspecified atom stereocenters. The molecule has 0 aliphatic carbocycles. The molecule has 0 saturated carbocycles. The molecule has 0 saturated heterocycles. The van der Waals surface area contributed by atoms with Gasteiger partial charge in [0.1, 0.15) is 0 Å². The van der Waals surface area contributed by atoms with Crippen molar-refractivity contribution in [2.75, 3.05) is 11.9 Å². The van der Waals surface area contributed by atoms with Crippen LogP contribution in [-0.2, 0) is 6.42 Å². The fourth-order valence-electron chi connectivity index (χ4n) is 4.80. The predicted molar refractivity (Wildman–Crippen MR) is 126 cm³/mol. The van der Waals surface area contributed by atoms with E-state index >= 15 is 0 Å². The van der Waals surface area contributed by atoms with Crippen LogP contribution in [0.15, 0.2) is 97.1 Å². The van der Waals surface area contributed by atoms with E-state index < -0.39 is 0 Å². The van der Waals surface area contributed by atoms with Gasteiger partial charge in [0.15, 0.2) is 0 Å². The molecule has 1 aliphatic heterocycles. The lowest BCUT2D eigenvalue weighted by molar-refractivity contribution is 1.11. The Morgan fingerprint density at radius 3 is 1.66 bits per heavy atom. The van der Waals surface area contributed by atoms with Gasteiger partial charge < -0.3 is 5.32 Å². The van der Waals surface area contributed by atoms with Crippen LogP contribution in [0.1, 0.15) is 5.56 Å². The van der Waals surface area contributed by atoms with Crippen molar-refractivity contribution in [3.63, 3.8) is 0 Å². The first-order valence-corrected chi connectivity index (χ1v) is 10.3. The van der Waals surface area contributed by atoms with Crippen LogP contribution < -0.4 is 5.32 Å². The number of hydrogen-bond donors (Lipinski definition) is 1. The Morgan fingerprint density at radius 2 is 1.03 bits per heavy atom. The summed E-state index contributed by atoms with van der Waals surface area (Å²) in [6, 6.07) is 34.9. The second kappa shape index (κ2) is 6.49. The van der Waals surface area contributed by atoms with Crippen LogP contribution in [0, 0.1) is 0 Å². The molecule has 138 valence electrons. The Kier molecular flexibility index (Phi) is 3.67. The van der Waals surface area contributed by atoms with Crippen molar-refractivity contribution >= 4 is 48.8 Å². The highest BCUT2D eigenvalue weighted by molar-refractivity contribution is 6.33. The van der Waals surface area contributed by atoms with E-state index in [1.807, 2.05) is 0 Å². The predicted octanol–water partition coefficient (Wildman–Crippen LogP) is 7.39. The van der Waals surface area contributed by atoms with Crippen molar-refractivity contribution in [3.8, 4) is 0 Å². The Labute approximate surface area is 169 Å². The van der Waals surface area contributed by atoms with Gasteiger partial charge in [-0.15, -0.1) is 0 Å². The van der Waals surface area contributed by atoms with E-state index in [1.165, 1.54) is 60.8 Å². The maximum atomic E-state index is 3.30. The summed E-state index contributed by atoms with van der Waals surface area (Å²) >= 11 is 0. The van der Waals surface area contributed by atoms with Gasteiger partial charge in [0.2, 0.25) is 0 Å². The molecule has 0 radical (unpaired) electrons. The van der Waals surface area contributed by atoms with Crippen molar-refractivity contribution < 1.29 is 0 Å². The molecule has 1 nitrogen and oxygen atoms in total. The van der Waals surface area contributed by atoms with Gasteiger partial charge in [-0.05, 0) is 61.1 Å². The van der Waals surface area contributed by atoms with E-state index in [0.717, 1.165) is 6.54 Å². The summed E-state index contributed by atoms with van der Waals surface area (Å²) in [6.07, 6.45) is 1.19. The van der Waals surface area contributed by atoms with Crippen LogP contribution in [0.25, 0.3) is 43.1 Å². The lowest BCUT2D eigenvalue weighted by Gasteiger charge is -2.14.